The molecular formula is C60H68F4N12O2. The zero-order chi connectivity index (χ0) is 54.6. The van der Waals surface area contributed by atoms with Crippen LogP contribution in [-0.4, -0.2) is 169 Å². The van der Waals surface area contributed by atoms with Crippen molar-refractivity contribution in [1.29, 1.82) is 10.5 Å². The maximum absolute atomic E-state index is 15.2. The van der Waals surface area contributed by atoms with Crippen molar-refractivity contribution >= 4 is 23.5 Å². The minimum absolute atomic E-state index is 0.0387. The number of benzene rings is 2. The van der Waals surface area contributed by atoms with Gasteiger partial charge in [0.25, 0.3) is 0 Å². The number of rotatable bonds is 8. The number of anilines is 2. The number of hydrogen-bond donors (Lipinski definition) is 0. The van der Waals surface area contributed by atoms with Crippen molar-refractivity contribution in [2.75, 3.05) is 116 Å². The number of pyridine rings is 2. The number of likely N-dealkylation sites (tertiary alicyclic amines) is 4. The van der Waals surface area contributed by atoms with Gasteiger partial charge in [0.15, 0.2) is 0 Å². The number of piperidine rings is 2. The van der Waals surface area contributed by atoms with Gasteiger partial charge in [-0.2, -0.15) is 10.5 Å². The first-order valence-corrected chi connectivity index (χ1v) is 27.6. The molecule has 0 saturated carbocycles. The summed E-state index contributed by atoms with van der Waals surface area (Å²) in [5.74, 6) is -1.61. The number of carbonyl (C=O) groups excluding carboxylic acids is 2. The fourth-order valence-electron chi connectivity index (χ4n) is 14.2. The van der Waals surface area contributed by atoms with Crippen molar-refractivity contribution in [3.05, 3.63) is 119 Å². The van der Waals surface area contributed by atoms with Crippen molar-refractivity contribution in [3.8, 4) is 34.4 Å². The highest BCUT2D eigenvalue weighted by Crippen LogP contribution is 2.47. The average molecular weight is 1070 g/mol. The fourth-order valence-corrected chi connectivity index (χ4v) is 14.2. The smallest absolute Gasteiger partial charge is 0.245 e. The maximum atomic E-state index is 15.2. The second-order valence-electron chi connectivity index (χ2n) is 23.4. The molecule has 14 nitrogen and oxygen atoms in total. The van der Waals surface area contributed by atoms with E-state index in [1.807, 2.05) is 0 Å². The molecule has 0 aliphatic carbocycles. The van der Waals surface area contributed by atoms with Crippen molar-refractivity contribution in [2.24, 2.45) is 10.8 Å². The lowest BCUT2D eigenvalue weighted by molar-refractivity contribution is -0.137. The van der Waals surface area contributed by atoms with Crippen LogP contribution in [0.4, 0.5) is 29.2 Å². The average Bonchev–Trinajstić information content (AvgIpc) is 4.25. The van der Waals surface area contributed by atoms with Crippen LogP contribution in [0.3, 0.4) is 0 Å². The van der Waals surface area contributed by atoms with Crippen LogP contribution in [-0.2, 0) is 35.5 Å². The lowest BCUT2D eigenvalue weighted by Gasteiger charge is -2.47. The van der Waals surface area contributed by atoms with Crippen LogP contribution >= 0.6 is 0 Å². The number of nitrogens with zero attached hydrogens (tertiary/aromatic N) is 12. The van der Waals surface area contributed by atoms with Crippen molar-refractivity contribution in [2.45, 2.75) is 76.5 Å². The monoisotopic (exact) mass is 1060 g/mol. The normalized spacial score (nSPS) is 22.9. The number of fused-ring (bicyclic) bond motifs is 2. The molecule has 2 atom stereocenters. The van der Waals surface area contributed by atoms with Crippen molar-refractivity contribution in [3.63, 3.8) is 0 Å². The second-order valence-corrected chi connectivity index (χ2v) is 23.4. The van der Waals surface area contributed by atoms with E-state index >= 15 is 8.78 Å². The first kappa shape index (κ1) is 53.3. The molecule has 0 bridgehead atoms. The first-order valence-electron chi connectivity index (χ1n) is 27.6. The van der Waals surface area contributed by atoms with Crippen molar-refractivity contribution in [1.82, 2.24) is 39.4 Å². The molecule has 10 heterocycles. The molecule has 0 unspecified atom stereocenters. The van der Waals surface area contributed by atoms with Crippen LogP contribution in [0.5, 0.6) is 0 Å². The first-order chi connectivity index (χ1) is 37.6. The molecule has 4 aromatic rings. The topological polar surface area (TPSA) is 133 Å². The van der Waals surface area contributed by atoms with Gasteiger partial charge in [-0.25, -0.2) is 27.5 Å². The van der Waals surface area contributed by atoms with Gasteiger partial charge in [-0.1, -0.05) is 13.2 Å². The zero-order valence-electron chi connectivity index (χ0n) is 44.9. The van der Waals surface area contributed by atoms with Gasteiger partial charge in [0.05, 0.1) is 11.4 Å². The molecule has 2 aromatic carbocycles. The van der Waals surface area contributed by atoms with Crippen LogP contribution in [0.2, 0.25) is 0 Å². The Morgan fingerprint density at radius 2 is 1.03 bits per heavy atom. The second kappa shape index (κ2) is 21.5. The number of carbonyl (C=O) groups is 2. The molecular weight excluding hydrogens is 997 g/mol. The molecule has 2 aromatic heterocycles. The number of hydrogen-bond acceptors (Lipinski definition) is 12. The number of amides is 2. The summed E-state index contributed by atoms with van der Waals surface area (Å²) in [6, 6.07) is 12.7. The minimum Gasteiger partial charge on any atom is -0.355 e. The summed E-state index contributed by atoms with van der Waals surface area (Å²) >= 11 is 0. The van der Waals surface area contributed by atoms with Crippen LogP contribution in [0, 0.1) is 56.8 Å². The Labute approximate surface area is 454 Å². The van der Waals surface area contributed by atoms with E-state index in [-0.39, 0.29) is 33.8 Å². The number of halogens is 4. The van der Waals surface area contributed by atoms with E-state index in [1.54, 1.807) is 9.80 Å². The summed E-state index contributed by atoms with van der Waals surface area (Å²) in [7, 11) is 4.31. The van der Waals surface area contributed by atoms with Gasteiger partial charge >= 0.3 is 0 Å². The van der Waals surface area contributed by atoms with Crippen LogP contribution in [0.25, 0.3) is 22.3 Å². The summed E-state index contributed by atoms with van der Waals surface area (Å²) in [5.41, 5.74) is 5.75. The molecule has 2 amide bonds. The zero-order valence-corrected chi connectivity index (χ0v) is 44.9. The van der Waals surface area contributed by atoms with Crippen LogP contribution < -0.4 is 9.80 Å². The number of likely N-dealkylation sites (N-methyl/N-ethyl adjacent to an activating group) is 2. The van der Waals surface area contributed by atoms with Crippen LogP contribution in [0.15, 0.2) is 61.7 Å². The van der Waals surface area contributed by atoms with E-state index < -0.39 is 23.3 Å². The molecule has 2 spiro atoms. The van der Waals surface area contributed by atoms with Gasteiger partial charge in [0, 0.05) is 149 Å². The molecule has 6 fully saturated rings. The van der Waals surface area contributed by atoms with Gasteiger partial charge in [-0.05, 0) is 126 Å². The molecule has 18 heteroatoms. The number of nitriles is 2. The summed E-state index contributed by atoms with van der Waals surface area (Å²) in [6.07, 6.45) is 10.4. The van der Waals surface area contributed by atoms with E-state index in [1.165, 1.54) is 36.4 Å². The van der Waals surface area contributed by atoms with Crippen LogP contribution in [0.1, 0.15) is 72.2 Å². The highest BCUT2D eigenvalue weighted by atomic mass is 19.1. The fraction of sp³-hybridized carbons (Fsp3) is 0.500. The summed E-state index contributed by atoms with van der Waals surface area (Å²) in [6.45, 7) is 19.7. The Bertz CT molecular complexity index is 2940. The highest BCUT2D eigenvalue weighted by molar-refractivity contribution is 5.88. The Balaban J connectivity index is 0.000000165. The molecule has 408 valence electrons. The van der Waals surface area contributed by atoms with Gasteiger partial charge < -0.3 is 29.4 Å². The van der Waals surface area contributed by atoms with Gasteiger partial charge in [-0.15, -0.1) is 0 Å². The molecule has 0 N–H and O–H groups in total. The summed E-state index contributed by atoms with van der Waals surface area (Å²) in [4.78, 5) is 51.9. The standard InChI is InChI=1S/2C30H34F2N6O/c2*1-3-27(39)38-18-30(19-38)9-12-37(17-30)29-24(14-33)28(22-7-6-20(31)13-25(22)32)23-8-11-36(16-26(23)34-29)21-5-4-10-35(2)15-21/h2*3,6-7,13,21H,1,4-5,8-12,15-19H2,2H3/t2*21-/m10/s1. The lowest BCUT2D eigenvalue weighted by Crippen LogP contribution is -2.59. The third-order valence-electron chi connectivity index (χ3n) is 18.1. The van der Waals surface area contributed by atoms with Gasteiger partial charge in [0.2, 0.25) is 11.8 Å². The van der Waals surface area contributed by atoms with E-state index in [0.29, 0.717) is 124 Å². The Morgan fingerprint density at radius 1 is 0.615 bits per heavy atom. The number of aromatic nitrogens is 2. The Hall–Kier alpha value is -6.70. The molecule has 8 aliphatic heterocycles. The maximum Gasteiger partial charge on any atom is 0.245 e. The third-order valence-corrected chi connectivity index (χ3v) is 18.1. The molecule has 6 saturated heterocycles. The Morgan fingerprint density at radius 3 is 1.38 bits per heavy atom. The largest absolute Gasteiger partial charge is 0.355 e. The SMILES string of the molecule is C=CC(=O)N1CC2(CCN(c3nc4c(c(-c5ccc(F)cc5F)c3C#N)CCN([C@@H]3CCCN(C)C3)C4)C2)C1.C=CC(=O)N1CC2(CCN(c3nc4c(c(-c5ccc(F)cc5F)c3C#N)CCN([C@H]3CCCN(C)C3)C4)C2)C1. The van der Waals surface area contributed by atoms with Crippen molar-refractivity contribution < 1.29 is 27.2 Å². The lowest BCUT2D eigenvalue weighted by atomic mass is 9.79. The predicted octanol–water partition coefficient (Wildman–Crippen LogP) is 7.15. The third kappa shape index (κ3) is 10.1. The minimum atomic E-state index is -0.669. The Kier molecular flexibility index (Phi) is 14.7. The molecule has 78 heavy (non-hydrogen) atoms. The molecule has 12 rings (SSSR count). The predicted molar refractivity (Wildman–Crippen MR) is 290 cm³/mol. The van der Waals surface area contributed by atoms with E-state index in [4.69, 9.17) is 9.97 Å². The molecule has 8 aliphatic rings. The quantitative estimate of drug-likeness (QED) is 0.131. The summed E-state index contributed by atoms with van der Waals surface area (Å²) in [5, 5.41) is 20.8. The van der Waals surface area contributed by atoms with E-state index in [2.05, 4.69) is 68.8 Å². The molecule has 0 radical (unpaired) electrons. The van der Waals surface area contributed by atoms with E-state index in [0.717, 1.165) is 112 Å². The van der Waals surface area contributed by atoms with E-state index in [9.17, 15) is 28.9 Å². The summed E-state index contributed by atoms with van der Waals surface area (Å²) < 4.78 is 58.2. The van der Waals surface area contributed by atoms with Gasteiger partial charge in [0.1, 0.15) is 58.2 Å². The highest BCUT2D eigenvalue weighted by Gasteiger charge is 2.51. The van der Waals surface area contributed by atoms with Gasteiger partial charge in [-0.3, -0.25) is 19.4 Å².